The lowest BCUT2D eigenvalue weighted by Gasteiger charge is -2.34. The second kappa shape index (κ2) is 11.7. The third-order valence-corrected chi connectivity index (χ3v) is 7.55. The molecule has 0 radical (unpaired) electrons. The lowest BCUT2D eigenvalue weighted by molar-refractivity contribution is -0.144. The lowest BCUT2D eigenvalue weighted by Crippen LogP contribution is -2.49. The minimum absolute atomic E-state index is 0.0584. The normalized spacial score (nSPS) is 18.9. The molecule has 1 aromatic heterocycles. The van der Waals surface area contributed by atoms with Crippen LogP contribution in [-0.2, 0) is 27.2 Å². The first-order valence-electron chi connectivity index (χ1n) is 12.8. The number of carbonyl (C=O) groups excluding carboxylic acids is 2. The number of nitrogens with one attached hydrogen (secondary N) is 2. The van der Waals surface area contributed by atoms with Crippen LogP contribution in [0.5, 0.6) is 0 Å². The minimum atomic E-state index is -0.992. The number of likely N-dealkylation sites (tertiary alicyclic amines) is 1. The Morgan fingerprint density at radius 3 is 2.65 bits per heavy atom. The smallest absolute Gasteiger partial charge is 0.326 e. The molecule has 2 aliphatic heterocycles. The second-order valence-corrected chi connectivity index (χ2v) is 10.1. The van der Waals surface area contributed by atoms with Crippen molar-refractivity contribution in [3.63, 3.8) is 0 Å². The highest BCUT2D eigenvalue weighted by Gasteiger charge is 2.35. The van der Waals surface area contributed by atoms with Crippen LogP contribution in [0, 0.1) is 11.3 Å². The maximum absolute atomic E-state index is 12.8. The molecule has 34 heavy (non-hydrogen) atoms. The summed E-state index contributed by atoms with van der Waals surface area (Å²) in [6, 6.07) is 3.11. The summed E-state index contributed by atoms with van der Waals surface area (Å²) in [5, 5.41) is 15.8. The van der Waals surface area contributed by atoms with E-state index in [1.54, 1.807) is 0 Å². The van der Waals surface area contributed by atoms with Crippen molar-refractivity contribution in [3.05, 3.63) is 23.4 Å². The molecule has 188 valence electrons. The quantitative estimate of drug-likeness (QED) is 0.481. The van der Waals surface area contributed by atoms with Gasteiger partial charge in [-0.1, -0.05) is 33.3 Å². The first-order chi connectivity index (χ1) is 16.3. The topological polar surface area (TPSA) is 112 Å². The van der Waals surface area contributed by atoms with Gasteiger partial charge in [0.2, 0.25) is 11.8 Å². The predicted molar refractivity (Wildman–Crippen MR) is 132 cm³/mol. The Balaban J connectivity index is 1.50. The number of hydrogen-bond donors (Lipinski definition) is 3. The Labute approximate surface area is 202 Å². The highest BCUT2D eigenvalue weighted by atomic mass is 16.4. The van der Waals surface area contributed by atoms with E-state index in [1.165, 1.54) is 5.56 Å². The third kappa shape index (κ3) is 6.48. The Kier molecular flexibility index (Phi) is 8.91. The van der Waals surface area contributed by atoms with Gasteiger partial charge in [0.25, 0.3) is 0 Å². The van der Waals surface area contributed by atoms with Gasteiger partial charge in [-0.25, -0.2) is 9.78 Å². The summed E-state index contributed by atoms with van der Waals surface area (Å²) in [6.07, 6.45) is 6.56. The van der Waals surface area contributed by atoms with Gasteiger partial charge in [0.05, 0.1) is 12.1 Å². The van der Waals surface area contributed by atoms with Crippen LogP contribution in [0.3, 0.4) is 0 Å². The van der Waals surface area contributed by atoms with Gasteiger partial charge in [0.1, 0.15) is 11.9 Å². The number of piperidine rings is 1. The van der Waals surface area contributed by atoms with E-state index in [4.69, 9.17) is 0 Å². The van der Waals surface area contributed by atoms with E-state index in [-0.39, 0.29) is 24.2 Å². The van der Waals surface area contributed by atoms with Crippen molar-refractivity contribution in [2.75, 3.05) is 25.0 Å². The number of aryl methyl sites for hydroxylation is 1. The molecule has 0 bridgehead atoms. The number of carbonyl (C=O) groups is 3. The predicted octanol–water partition coefficient (Wildman–Crippen LogP) is 3.40. The van der Waals surface area contributed by atoms with Crippen LogP contribution in [0.15, 0.2) is 12.1 Å². The van der Waals surface area contributed by atoms with E-state index >= 15 is 0 Å². The Morgan fingerprint density at radius 1 is 1.26 bits per heavy atom. The van der Waals surface area contributed by atoms with E-state index in [1.807, 2.05) is 31.7 Å². The molecule has 8 nitrogen and oxygen atoms in total. The number of pyridine rings is 1. The Hall–Kier alpha value is -2.64. The fourth-order valence-corrected chi connectivity index (χ4v) is 5.04. The number of nitrogens with zero attached hydrogens (tertiary/aromatic N) is 2. The number of fused-ring (bicyclic) bond motifs is 1. The van der Waals surface area contributed by atoms with Crippen molar-refractivity contribution in [1.82, 2.24) is 15.2 Å². The van der Waals surface area contributed by atoms with Crippen molar-refractivity contribution >= 4 is 23.6 Å². The molecule has 2 unspecified atom stereocenters. The molecule has 2 atom stereocenters. The summed E-state index contributed by atoms with van der Waals surface area (Å²) in [6.45, 7) is 8.03. The number of amides is 2. The zero-order valence-corrected chi connectivity index (χ0v) is 20.9. The number of carboxylic acid groups (broad SMARTS) is 1. The SMILES string of the molecule is CCCC(C)(CC)C(=O)NC(CC1CCN(C(=O)Cc2ccc3c(n2)NCCC3)CC1)C(=O)O. The molecule has 3 rings (SSSR count). The van der Waals surface area contributed by atoms with E-state index in [0.29, 0.717) is 25.9 Å². The zero-order valence-electron chi connectivity index (χ0n) is 20.9. The zero-order chi connectivity index (χ0) is 24.7. The summed E-state index contributed by atoms with van der Waals surface area (Å²) in [5.74, 6) is -0.0495. The first kappa shape index (κ1) is 26.0. The van der Waals surface area contributed by atoms with Crippen molar-refractivity contribution < 1.29 is 19.5 Å². The number of hydrogen-bond acceptors (Lipinski definition) is 5. The van der Waals surface area contributed by atoms with Crippen molar-refractivity contribution in [2.24, 2.45) is 11.3 Å². The standard InChI is InChI=1S/C26H40N4O4/c1-4-12-26(3,5-2)25(34)29-21(24(32)33)16-18-10-14-30(15-11-18)22(31)17-20-9-8-19-7-6-13-27-23(19)28-20/h8-9,18,21H,4-7,10-17H2,1-3H3,(H,27,28)(H,29,34)(H,32,33). The Morgan fingerprint density at radius 2 is 2.00 bits per heavy atom. The summed E-state index contributed by atoms with van der Waals surface area (Å²) in [5.41, 5.74) is 1.44. The molecular formula is C26H40N4O4. The minimum Gasteiger partial charge on any atom is -0.480 e. The fraction of sp³-hybridized carbons (Fsp3) is 0.692. The molecule has 0 saturated carbocycles. The third-order valence-electron chi connectivity index (χ3n) is 7.55. The Bertz CT molecular complexity index is 882. The molecule has 2 amide bonds. The second-order valence-electron chi connectivity index (χ2n) is 10.1. The molecule has 2 aliphatic rings. The molecule has 3 N–H and O–H groups in total. The summed E-state index contributed by atoms with van der Waals surface area (Å²) >= 11 is 0. The van der Waals surface area contributed by atoms with Crippen LogP contribution < -0.4 is 10.6 Å². The number of anilines is 1. The van der Waals surface area contributed by atoms with Gasteiger partial charge in [0.15, 0.2) is 0 Å². The van der Waals surface area contributed by atoms with E-state index in [0.717, 1.165) is 56.6 Å². The molecule has 1 fully saturated rings. The fourth-order valence-electron chi connectivity index (χ4n) is 5.04. The van der Waals surface area contributed by atoms with Gasteiger partial charge in [-0.2, -0.15) is 0 Å². The average molecular weight is 473 g/mol. The lowest BCUT2D eigenvalue weighted by atomic mass is 9.81. The van der Waals surface area contributed by atoms with E-state index in [9.17, 15) is 19.5 Å². The van der Waals surface area contributed by atoms with Gasteiger partial charge in [0, 0.05) is 25.0 Å². The monoisotopic (exact) mass is 472 g/mol. The van der Waals surface area contributed by atoms with Crippen LogP contribution in [0.2, 0.25) is 0 Å². The maximum atomic E-state index is 12.8. The van der Waals surface area contributed by atoms with E-state index in [2.05, 4.69) is 21.7 Å². The van der Waals surface area contributed by atoms with Crippen molar-refractivity contribution in [1.29, 1.82) is 0 Å². The molecule has 3 heterocycles. The summed E-state index contributed by atoms with van der Waals surface area (Å²) in [4.78, 5) is 44.0. The van der Waals surface area contributed by atoms with Crippen LogP contribution in [0.1, 0.15) is 77.0 Å². The first-order valence-corrected chi connectivity index (χ1v) is 12.8. The molecule has 0 aliphatic carbocycles. The van der Waals surface area contributed by atoms with Gasteiger partial charge >= 0.3 is 5.97 Å². The summed E-state index contributed by atoms with van der Waals surface area (Å²) < 4.78 is 0. The van der Waals surface area contributed by atoms with Gasteiger partial charge < -0.3 is 20.6 Å². The summed E-state index contributed by atoms with van der Waals surface area (Å²) in [7, 11) is 0. The van der Waals surface area contributed by atoms with Crippen molar-refractivity contribution in [3.8, 4) is 0 Å². The van der Waals surface area contributed by atoms with Crippen molar-refractivity contribution in [2.45, 2.75) is 84.6 Å². The highest BCUT2D eigenvalue weighted by molar-refractivity contribution is 5.87. The number of aromatic nitrogens is 1. The molecule has 0 aromatic carbocycles. The van der Waals surface area contributed by atoms with Gasteiger partial charge in [-0.15, -0.1) is 0 Å². The molecule has 1 aromatic rings. The van der Waals surface area contributed by atoms with Crippen LogP contribution >= 0.6 is 0 Å². The molecule has 0 spiro atoms. The van der Waals surface area contributed by atoms with Crippen LogP contribution in [0.4, 0.5) is 5.82 Å². The van der Waals surface area contributed by atoms with Gasteiger partial charge in [-0.3, -0.25) is 9.59 Å². The molecule has 1 saturated heterocycles. The number of aliphatic carboxylic acids is 1. The van der Waals surface area contributed by atoms with Crippen LogP contribution in [0.25, 0.3) is 0 Å². The highest BCUT2D eigenvalue weighted by Crippen LogP contribution is 2.29. The number of rotatable bonds is 10. The largest absolute Gasteiger partial charge is 0.480 e. The maximum Gasteiger partial charge on any atom is 0.326 e. The van der Waals surface area contributed by atoms with Gasteiger partial charge in [-0.05, 0) is 62.5 Å². The number of carboxylic acids is 1. The molecule has 8 heteroatoms. The van der Waals surface area contributed by atoms with Crippen LogP contribution in [-0.4, -0.2) is 58.5 Å². The average Bonchev–Trinajstić information content (AvgIpc) is 2.83. The molecular weight excluding hydrogens is 432 g/mol. The van der Waals surface area contributed by atoms with E-state index < -0.39 is 17.4 Å².